The van der Waals surface area contributed by atoms with Crippen molar-refractivity contribution in [2.24, 2.45) is 4.99 Å². The van der Waals surface area contributed by atoms with E-state index in [-0.39, 0.29) is 0 Å². The van der Waals surface area contributed by atoms with Gasteiger partial charge in [-0.2, -0.15) is 0 Å². The molecule has 1 aliphatic rings. The number of nitrogens with one attached hydrogen (secondary N) is 2. The van der Waals surface area contributed by atoms with Crippen molar-refractivity contribution in [2.75, 3.05) is 31.6 Å². The van der Waals surface area contributed by atoms with Gasteiger partial charge in [0.25, 0.3) is 0 Å². The Morgan fingerprint density at radius 2 is 1.96 bits per heavy atom. The fourth-order valence-electron chi connectivity index (χ4n) is 2.83. The van der Waals surface area contributed by atoms with Crippen molar-refractivity contribution in [1.82, 2.24) is 15.6 Å². The van der Waals surface area contributed by atoms with E-state index in [0.29, 0.717) is 0 Å². The fraction of sp³-hybridized carbons (Fsp3) is 0.400. The third-order valence-corrected chi connectivity index (χ3v) is 5.59. The van der Waals surface area contributed by atoms with Crippen LogP contribution in [0.3, 0.4) is 0 Å². The van der Waals surface area contributed by atoms with Gasteiger partial charge in [0.15, 0.2) is 5.96 Å². The molecule has 1 aromatic carbocycles. The van der Waals surface area contributed by atoms with Gasteiger partial charge in [-0.1, -0.05) is 31.2 Å². The molecular formula is C20H27N5S. The van der Waals surface area contributed by atoms with Gasteiger partial charge in [0, 0.05) is 56.4 Å². The lowest BCUT2D eigenvalue weighted by Crippen LogP contribution is -2.37. The first-order valence-electron chi connectivity index (χ1n) is 9.15. The Kier molecular flexibility index (Phi) is 6.66. The number of aromatic nitrogens is 1. The van der Waals surface area contributed by atoms with Crippen molar-refractivity contribution in [1.29, 1.82) is 0 Å². The summed E-state index contributed by atoms with van der Waals surface area (Å²) < 4.78 is 0. The molecule has 0 fully saturated rings. The average Bonchev–Trinajstić information content (AvgIpc) is 3.37. The smallest absolute Gasteiger partial charge is 0.191 e. The minimum Gasteiger partial charge on any atom is -0.364 e. The molecule has 0 saturated heterocycles. The second-order valence-electron chi connectivity index (χ2n) is 6.22. The van der Waals surface area contributed by atoms with E-state index in [1.165, 1.54) is 21.1 Å². The van der Waals surface area contributed by atoms with Crippen molar-refractivity contribution < 1.29 is 0 Å². The molecular weight excluding hydrogens is 342 g/mol. The van der Waals surface area contributed by atoms with Crippen molar-refractivity contribution in [3.63, 3.8) is 0 Å². The molecule has 1 aliphatic heterocycles. The first-order chi connectivity index (χ1) is 12.8. The second-order valence-corrected chi connectivity index (χ2v) is 7.42. The van der Waals surface area contributed by atoms with Crippen LogP contribution in [0, 0.1) is 0 Å². The van der Waals surface area contributed by atoms with Gasteiger partial charge < -0.3 is 15.5 Å². The number of rotatable bonds is 7. The molecule has 0 amide bonds. The van der Waals surface area contributed by atoms with Crippen LogP contribution in [0.5, 0.6) is 0 Å². The molecule has 6 heteroatoms. The van der Waals surface area contributed by atoms with Crippen LogP contribution in [0.15, 0.2) is 47.6 Å². The number of guanidine groups is 1. The van der Waals surface area contributed by atoms with E-state index in [0.717, 1.165) is 45.0 Å². The van der Waals surface area contributed by atoms with E-state index in [1.54, 1.807) is 18.4 Å². The van der Waals surface area contributed by atoms with E-state index < -0.39 is 0 Å². The summed E-state index contributed by atoms with van der Waals surface area (Å²) in [5, 5.41) is 7.91. The van der Waals surface area contributed by atoms with E-state index in [1.807, 2.05) is 6.20 Å². The standard InChI is InChI=1S/C20H27N5S/c1-3-18-15-23-19(26-18)10-11-22-20(21-2)24-14-16-6-8-17(9-7-16)25-12-4-5-13-25/h4-9,15H,3,10-14H2,1-2H3,(H2,21,22,24). The first kappa shape index (κ1) is 18.5. The summed E-state index contributed by atoms with van der Waals surface area (Å²) in [6.45, 7) is 5.77. The zero-order valence-corrected chi connectivity index (χ0v) is 16.4. The van der Waals surface area contributed by atoms with Gasteiger partial charge in [-0.25, -0.2) is 4.98 Å². The highest BCUT2D eigenvalue weighted by atomic mass is 32.1. The number of hydrogen-bond acceptors (Lipinski definition) is 4. The zero-order valence-electron chi connectivity index (χ0n) is 15.5. The SMILES string of the molecule is CCc1cnc(CCNC(=NC)NCc2ccc(N3CC=CC3)cc2)s1. The molecule has 0 unspecified atom stereocenters. The lowest BCUT2D eigenvalue weighted by molar-refractivity contribution is 0.792. The molecule has 0 aliphatic carbocycles. The predicted octanol–water partition coefficient (Wildman–Crippen LogP) is 2.99. The topological polar surface area (TPSA) is 52.6 Å². The lowest BCUT2D eigenvalue weighted by atomic mass is 10.2. The highest BCUT2D eigenvalue weighted by molar-refractivity contribution is 7.11. The number of aryl methyl sites for hydroxylation is 1. The van der Waals surface area contributed by atoms with E-state index in [4.69, 9.17) is 0 Å². The molecule has 3 rings (SSSR count). The maximum absolute atomic E-state index is 4.45. The Morgan fingerprint density at radius 1 is 1.19 bits per heavy atom. The van der Waals surface area contributed by atoms with Crippen LogP contribution in [0.25, 0.3) is 0 Å². The molecule has 1 aromatic heterocycles. The highest BCUT2D eigenvalue weighted by Crippen LogP contribution is 2.17. The van der Waals surface area contributed by atoms with Crippen molar-refractivity contribution in [2.45, 2.75) is 26.3 Å². The monoisotopic (exact) mass is 369 g/mol. The third-order valence-electron chi connectivity index (χ3n) is 4.38. The third kappa shape index (κ3) is 5.08. The normalized spacial score (nSPS) is 14.1. The molecule has 2 aromatic rings. The van der Waals surface area contributed by atoms with Crippen LogP contribution >= 0.6 is 11.3 Å². The Balaban J connectivity index is 1.42. The molecule has 0 atom stereocenters. The number of aliphatic imine (C=N–C) groups is 1. The molecule has 0 saturated carbocycles. The molecule has 0 spiro atoms. The molecule has 0 bridgehead atoms. The van der Waals surface area contributed by atoms with Crippen molar-refractivity contribution >= 4 is 23.0 Å². The van der Waals surface area contributed by atoms with Crippen molar-refractivity contribution in [3.8, 4) is 0 Å². The molecule has 5 nitrogen and oxygen atoms in total. The second kappa shape index (κ2) is 9.38. The van der Waals surface area contributed by atoms with Crippen LogP contribution in [-0.4, -0.2) is 37.6 Å². The van der Waals surface area contributed by atoms with Gasteiger partial charge in [-0.05, 0) is 24.1 Å². The molecule has 138 valence electrons. The summed E-state index contributed by atoms with van der Waals surface area (Å²) in [5.74, 6) is 0.824. The number of anilines is 1. The van der Waals surface area contributed by atoms with Gasteiger partial charge in [-0.15, -0.1) is 11.3 Å². The predicted molar refractivity (Wildman–Crippen MR) is 111 cm³/mol. The van der Waals surface area contributed by atoms with E-state index in [9.17, 15) is 0 Å². The molecule has 2 N–H and O–H groups in total. The van der Waals surface area contributed by atoms with Gasteiger partial charge in [0.1, 0.15) is 0 Å². The highest BCUT2D eigenvalue weighted by Gasteiger charge is 2.07. The molecule has 2 heterocycles. The quantitative estimate of drug-likeness (QED) is 0.448. The molecule has 0 radical (unpaired) electrons. The van der Waals surface area contributed by atoms with Crippen molar-refractivity contribution in [3.05, 3.63) is 58.1 Å². The fourth-order valence-corrected chi connectivity index (χ4v) is 3.70. The number of benzene rings is 1. The molecule has 26 heavy (non-hydrogen) atoms. The summed E-state index contributed by atoms with van der Waals surface area (Å²) >= 11 is 1.79. The van der Waals surface area contributed by atoms with E-state index in [2.05, 4.69) is 68.9 Å². The van der Waals surface area contributed by atoms with Crippen LogP contribution in [0.1, 0.15) is 22.4 Å². The van der Waals surface area contributed by atoms with E-state index >= 15 is 0 Å². The maximum Gasteiger partial charge on any atom is 0.191 e. The zero-order chi connectivity index (χ0) is 18.2. The summed E-state index contributed by atoms with van der Waals surface area (Å²) in [6.07, 6.45) is 8.38. The average molecular weight is 370 g/mol. The Labute approximate surface area is 159 Å². The maximum atomic E-state index is 4.45. The van der Waals surface area contributed by atoms with Crippen LogP contribution < -0.4 is 15.5 Å². The first-order valence-corrected chi connectivity index (χ1v) is 9.97. The van der Waals surface area contributed by atoms with Crippen LogP contribution in [-0.2, 0) is 19.4 Å². The van der Waals surface area contributed by atoms with Crippen LogP contribution in [0.4, 0.5) is 5.69 Å². The van der Waals surface area contributed by atoms with Gasteiger partial charge in [0.05, 0.1) is 5.01 Å². The Bertz CT molecular complexity index is 740. The number of nitrogens with zero attached hydrogens (tertiary/aromatic N) is 3. The van der Waals surface area contributed by atoms with Gasteiger partial charge in [0.2, 0.25) is 0 Å². The van der Waals surface area contributed by atoms with Crippen LogP contribution in [0.2, 0.25) is 0 Å². The number of hydrogen-bond donors (Lipinski definition) is 2. The summed E-state index contributed by atoms with van der Waals surface area (Å²) in [5.41, 5.74) is 2.52. The summed E-state index contributed by atoms with van der Waals surface area (Å²) in [4.78, 5) is 12.4. The lowest BCUT2D eigenvalue weighted by Gasteiger charge is -2.18. The number of thiazole rings is 1. The summed E-state index contributed by atoms with van der Waals surface area (Å²) in [7, 11) is 1.80. The van der Waals surface area contributed by atoms with Gasteiger partial charge >= 0.3 is 0 Å². The largest absolute Gasteiger partial charge is 0.364 e. The minimum absolute atomic E-state index is 0.759. The summed E-state index contributed by atoms with van der Waals surface area (Å²) in [6, 6.07) is 8.73. The Hall–Kier alpha value is -2.34. The van der Waals surface area contributed by atoms with Gasteiger partial charge in [-0.3, -0.25) is 4.99 Å². The Morgan fingerprint density at radius 3 is 2.62 bits per heavy atom. The minimum atomic E-state index is 0.759.